The zero-order valence-corrected chi connectivity index (χ0v) is 17.7. The van der Waals surface area contributed by atoms with Crippen LogP contribution in [0.5, 0.6) is 0 Å². The van der Waals surface area contributed by atoms with Gasteiger partial charge in [0.05, 0.1) is 11.1 Å². The van der Waals surface area contributed by atoms with Gasteiger partial charge in [-0.2, -0.15) is 0 Å². The first kappa shape index (κ1) is 19.1. The van der Waals surface area contributed by atoms with E-state index in [4.69, 9.17) is 4.98 Å². The van der Waals surface area contributed by atoms with Gasteiger partial charge in [-0.1, -0.05) is 11.8 Å². The van der Waals surface area contributed by atoms with Crippen LogP contribution < -0.4 is 10.9 Å². The fourth-order valence-corrected chi connectivity index (χ4v) is 5.52. The lowest BCUT2D eigenvalue weighted by Gasteiger charge is -2.15. The summed E-state index contributed by atoms with van der Waals surface area (Å²) in [5.74, 6) is 0.451. The number of hydrogen-bond acceptors (Lipinski definition) is 7. The van der Waals surface area contributed by atoms with Crippen LogP contribution in [0, 0.1) is 13.8 Å². The van der Waals surface area contributed by atoms with Crippen molar-refractivity contribution in [2.24, 2.45) is 0 Å². The first-order valence-corrected chi connectivity index (χ1v) is 10.8. The maximum Gasteiger partial charge on any atom is 0.263 e. The van der Waals surface area contributed by atoms with Crippen molar-refractivity contribution in [1.29, 1.82) is 0 Å². The smallest absolute Gasteiger partial charge is 0.263 e. The van der Waals surface area contributed by atoms with Crippen molar-refractivity contribution < 1.29 is 4.79 Å². The number of carbonyl (C=O) groups excluding carboxylic acids is 1. The molecule has 0 bridgehead atoms. The molecule has 0 atom stereocenters. The van der Waals surface area contributed by atoms with E-state index in [0.717, 1.165) is 26.4 Å². The first-order chi connectivity index (χ1) is 12.3. The lowest BCUT2D eigenvalue weighted by molar-refractivity contribution is -0.114. The quantitative estimate of drug-likeness (QED) is 0.501. The molecule has 1 N–H and O–H groups in total. The van der Waals surface area contributed by atoms with E-state index < -0.39 is 0 Å². The largest absolute Gasteiger partial charge is 0.302 e. The molecule has 0 aliphatic carbocycles. The number of hydrogen-bond donors (Lipinski definition) is 1. The van der Waals surface area contributed by atoms with Gasteiger partial charge in [0.15, 0.2) is 10.3 Å². The topological polar surface area (TPSA) is 76.9 Å². The highest BCUT2D eigenvalue weighted by Crippen LogP contribution is 2.31. The van der Waals surface area contributed by atoms with Crippen LogP contribution in [-0.4, -0.2) is 20.4 Å². The molecule has 9 heteroatoms. The molecule has 26 heavy (non-hydrogen) atoms. The molecule has 0 aromatic carbocycles. The number of thiophene rings is 1. The Labute approximate surface area is 163 Å². The normalized spacial score (nSPS) is 11.5. The van der Waals surface area contributed by atoms with Gasteiger partial charge in [0.2, 0.25) is 5.91 Å². The van der Waals surface area contributed by atoms with Gasteiger partial charge in [-0.25, -0.2) is 9.97 Å². The zero-order chi connectivity index (χ0) is 19.0. The van der Waals surface area contributed by atoms with Crippen LogP contribution in [0.3, 0.4) is 0 Å². The standard InChI is InChI=1S/C17H20N4O2S3/c1-8(2)21-15(23)13-9(3)10(4)26-14(13)20-17(21)25-7-12-6-24-16(19-12)18-11(5)22/h6,8H,7H2,1-5H3,(H,18,19,22). The second-order valence-electron chi connectivity index (χ2n) is 6.24. The minimum absolute atomic E-state index is 0.0200. The van der Waals surface area contributed by atoms with Crippen molar-refractivity contribution in [3.8, 4) is 0 Å². The van der Waals surface area contributed by atoms with Crippen molar-refractivity contribution in [1.82, 2.24) is 14.5 Å². The molecule has 3 rings (SSSR count). The predicted octanol–water partition coefficient (Wildman–Crippen LogP) is 4.36. The van der Waals surface area contributed by atoms with Crippen LogP contribution in [0.1, 0.15) is 42.9 Å². The first-order valence-electron chi connectivity index (χ1n) is 8.15. The number of aryl methyl sites for hydroxylation is 2. The third kappa shape index (κ3) is 3.70. The molecule has 6 nitrogen and oxygen atoms in total. The highest BCUT2D eigenvalue weighted by molar-refractivity contribution is 7.98. The molecule has 3 heterocycles. The lowest BCUT2D eigenvalue weighted by Crippen LogP contribution is -2.24. The van der Waals surface area contributed by atoms with Crippen LogP contribution in [0.25, 0.3) is 10.2 Å². The molecule has 0 aliphatic heterocycles. The van der Waals surface area contributed by atoms with Crippen LogP contribution in [0.2, 0.25) is 0 Å². The molecule has 0 aliphatic rings. The average Bonchev–Trinajstić information content (AvgIpc) is 3.09. The van der Waals surface area contributed by atoms with E-state index in [1.807, 2.05) is 33.1 Å². The number of rotatable bonds is 5. The zero-order valence-electron chi connectivity index (χ0n) is 15.2. The molecule has 0 spiro atoms. The highest BCUT2D eigenvalue weighted by atomic mass is 32.2. The summed E-state index contributed by atoms with van der Waals surface area (Å²) < 4.78 is 1.76. The van der Waals surface area contributed by atoms with Crippen molar-refractivity contribution >= 4 is 55.7 Å². The van der Waals surface area contributed by atoms with E-state index in [2.05, 4.69) is 10.3 Å². The van der Waals surface area contributed by atoms with Gasteiger partial charge in [-0.15, -0.1) is 22.7 Å². The van der Waals surface area contributed by atoms with Crippen LogP contribution >= 0.6 is 34.4 Å². The van der Waals surface area contributed by atoms with Gasteiger partial charge in [0, 0.05) is 29.0 Å². The van der Waals surface area contributed by atoms with Crippen molar-refractivity contribution in [3.05, 3.63) is 31.9 Å². The maximum absolute atomic E-state index is 13.0. The number of aromatic nitrogens is 3. The molecule has 3 aromatic heterocycles. The van der Waals surface area contributed by atoms with E-state index in [0.29, 0.717) is 16.0 Å². The molecular weight excluding hydrogens is 388 g/mol. The summed E-state index contributed by atoms with van der Waals surface area (Å²) in [6.45, 7) is 9.44. The van der Waals surface area contributed by atoms with Crippen LogP contribution in [-0.2, 0) is 10.5 Å². The van der Waals surface area contributed by atoms with E-state index in [9.17, 15) is 9.59 Å². The number of anilines is 1. The molecule has 0 radical (unpaired) electrons. The molecule has 138 valence electrons. The molecule has 0 saturated carbocycles. The predicted molar refractivity (Wildman–Crippen MR) is 110 cm³/mol. The average molecular weight is 409 g/mol. The monoisotopic (exact) mass is 408 g/mol. The Bertz CT molecular complexity index is 1030. The number of amides is 1. The Hall–Kier alpha value is -1.71. The third-order valence-electron chi connectivity index (χ3n) is 3.90. The van der Waals surface area contributed by atoms with Crippen molar-refractivity contribution in [2.75, 3.05) is 5.32 Å². The summed E-state index contributed by atoms with van der Waals surface area (Å²) in [4.78, 5) is 35.2. The highest BCUT2D eigenvalue weighted by Gasteiger charge is 2.18. The van der Waals surface area contributed by atoms with E-state index in [1.165, 1.54) is 30.0 Å². The number of carbonyl (C=O) groups is 1. The summed E-state index contributed by atoms with van der Waals surface area (Å²) in [7, 11) is 0. The maximum atomic E-state index is 13.0. The SMILES string of the molecule is CC(=O)Nc1nc(CSc2nc3sc(C)c(C)c3c(=O)n2C(C)C)cs1. The Morgan fingerprint density at radius 2 is 2.08 bits per heavy atom. The van der Waals surface area contributed by atoms with Gasteiger partial charge in [0.25, 0.3) is 5.56 Å². The Morgan fingerprint density at radius 3 is 2.73 bits per heavy atom. The minimum atomic E-state index is -0.136. The van der Waals surface area contributed by atoms with Gasteiger partial charge < -0.3 is 5.32 Å². The fraction of sp³-hybridized carbons (Fsp3) is 0.412. The third-order valence-corrected chi connectivity index (χ3v) is 6.80. The van der Waals surface area contributed by atoms with E-state index in [1.54, 1.807) is 15.9 Å². The Morgan fingerprint density at radius 1 is 1.35 bits per heavy atom. The van der Waals surface area contributed by atoms with Crippen LogP contribution in [0.15, 0.2) is 15.3 Å². The minimum Gasteiger partial charge on any atom is -0.302 e. The summed E-state index contributed by atoms with van der Waals surface area (Å²) in [5.41, 5.74) is 1.89. The molecule has 3 aromatic rings. The Balaban J connectivity index is 1.94. The van der Waals surface area contributed by atoms with Gasteiger partial charge in [-0.05, 0) is 33.3 Å². The second kappa shape index (κ2) is 7.50. The number of nitrogens with zero attached hydrogens (tertiary/aromatic N) is 3. The molecule has 0 fully saturated rings. The van der Waals surface area contributed by atoms with Gasteiger partial charge in [0.1, 0.15) is 4.83 Å². The second-order valence-corrected chi connectivity index (χ2v) is 9.24. The number of thiazole rings is 1. The summed E-state index contributed by atoms with van der Waals surface area (Å²) in [6, 6.07) is 0.0203. The number of nitrogens with one attached hydrogen (secondary N) is 1. The fourth-order valence-electron chi connectivity index (χ4n) is 2.56. The molecular formula is C17H20N4O2S3. The number of thioether (sulfide) groups is 1. The summed E-state index contributed by atoms with van der Waals surface area (Å²) in [6.07, 6.45) is 0. The number of fused-ring (bicyclic) bond motifs is 1. The Kier molecular flexibility index (Phi) is 5.50. The molecule has 0 saturated heterocycles. The van der Waals surface area contributed by atoms with Gasteiger partial charge >= 0.3 is 0 Å². The van der Waals surface area contributed by atoms with Crippen LogP contribution in [0.4, 0.5) is 5.13 Å². The summed E-state index contributed by atoms with van der Waals surface area (Å²) in [5, 5.41) is 6.61. The van der Waals surface area contributed by atoms with Crippen molar-refractivity contribution in [3.63, 3.8) is 0 Å². The van der Waals surface area contributed by atoms with E-state index >= 15 is 0 Å². The molecule has 1 amide bonds. The summed E-state index contributed by atoms with van der Waals surface area (Å²) >= 11 is 4.45. The van der Waals surface area contributed by atoms with Gasteiger partial charge in [-0.3, -0.25) is 14.2 Å². The molecule has 0 unspecified atom stereocenters. The lowest BCUT2D eigenvalue weighted by atomic mass is 10.2. The van der Waals surface area contributed by atoms with E-state index in [-0.39, 0.29) is 17.5 Å². The van der Waals surface area contributed by atoms with Crippen molar-refractivity contribution in [2.45, 2.75) is 51.6 Å².